The molecule has 2 heteroatoms. The van der Waals surface area contributed by atoms with Crippen molar-refractivity contribution in [3.05, 3.63) is 83.3 Å². The van der Waals surface area contributed by atoms with E-state index in [4.69, 9.17) is 4.42 Å². The predicted molar refractivity (Wildman–Crippen MR) is 93.8 cm³/mol. The lowest BCUT2D eigenvalue weighted by Crippen LogP contribution is -2.22. The van der Waals surface area contributed by atoms with Crippen molar-refractivity contribution in [1.82, 2.24) is 0 Å². The predicted octanol–water partition coefficient (Wildman–Crippen LogP) is 4.42. The molecular formula is C19H18OS. The van der Waals surface area contributed by atoms with Gasteiger partial charge < -0.3 is 4.42 Å². The topological polar surface area (TPSA) is 13.1 Å². The van der Waals surface area contributed by atoms with E-state index in [2.05, 4.69) is 31.4 Å². The van der Waals surface area contributed by atoms with Crippen molar-refractivity contribution in [2.45, 2.75) is 6.92 Å². The molecule has 0 aliphatic rings. The smallest absolute Gasteiger partial charge is 0.145 e. The van der Waals surface area contributed by atoms with E-state index in [-0.39, 0.29) is 0 Å². The lowest BCUT2D eigenvalue weighted by atomic mass is 10.2. The Morgan fingerprint density at radius 2 is 1.62 bits per heavy atom. The van der Waals surface area contributed by atoms with Crippen LogP contribution in [0.3, 0.4) is 0 Å². The van der Waals surface area contributed by atoms with Crippen LogP contribution in [0.15, 0.2) is 71.5 Å². The zero-order valence-electron chi connectivity index (χ0n) is 12.1. The van der Waals surface area contributed by atoms with Crippen molar-refractivity contribution >= 4 is 33.8 Å². The standard InChI is InChI=1S/C12H12.C7H6OS/c1-3-7-11-9-5-6-10-12(11)8-4-2;1-5-4-7-6(8-5)2-3-9-7/h3-10H,1-2H2;2-4H,1H3/b11-7-,12-8-;. The third kappa shape index (κ3) is 4.07. The van der Waals surface area contributed by atoms with Crippen molar-refractivity contribution in [2.75, 3.05) is 0 Å². The Hall–Kier alpha value is -2.32. The molecule has 0 atom stereocenters. The van der Waals surface area contributed by atoms with Gasteiger partial charge in [-0.2, -0.15) is 0 Å². The summed E-state index contributed by atoms with van der Waals surface area (Å²) in [6.45, 7) is 9.29. The number of rotatable bonds is 2. The highest BCUT2D eigenvalue weighted by molar-refractivity contribution is 7.17. The Kier molecular flexibility index (Phi) is 5.35. The van der Waals surface area contributed by atoms with E-state index in [1.165, 1.54) is 15.1 Å². The summed E-state index contributed by atoms with van der Waals surface area (Å²) < 4.78 is 6.56. The maximum Gasteiger partial charge on any atom is 0.145 e. The Bertz CT molecular complexity index is 781. The molecule has 3 aromatic rings. The molecule has 0 amide bonds. The Morgan fingerprint density at radius 1 is 1.00 bits per heavy atom. The summed E-state index contributed by atoms with van der Waals surface area (Å²) in [6.07, 6.45) is 7.54. The molecule has 0 bridgehead atoms. The maximum atomic E-state index is 5.32. The first-order valence-electron chi connectivity index (χ1n) is 6.69. The quantitative estimate of drug-likeness (QED) is 0.682. The van der Waals surface area contributed by atoms with Crippen molar-refractivity contribution in [3.63, 3.8) is 0 Å². The second kappa shape index (κ2) is 7.46. The molecule has 2 aromatic heterocycles. The molecule has 0 spiro atoms. The summed E-state index contributed by atoms with van der Waals surface area (Å²) in [5.74, 6) is 0.997. The lowest BCUT2D eigenvalue weighted by molar-refractivity contribution is 0.579. The van der Waals surface area contributed by atoms with E-state index < -0.39 is 0 Å². The van der Waals surface area contributed by atoms with Gasteiger partial charge in [0, 0.05) is 0 Å². The highest BCUT2D eigenvalue weighted by atomic mass is 32.1. The summed E-state index contributed by atoms with van der Waals surface area (Å²) in [6, 6.07) is 12.2. The van der Waals surface area contributed by atoms with Crippen LogP contribution in [0.5, 0.6) is 0 Å². The molecule has 0 aliphatic carbocycles. The van der Waals surface area contributed by atoms with Gasteiger partial charge in [-0.25, -0.2) is 0 Å². The number of aryl methyl sites for hydroxylation is 1. The van der Waals surface area contributed by atoms with Gasteiger partial charge in [0.15, 0.2) is 0 Å². The van der Waals surface area contributed by atoms with Crippen LogP contribution in [-0.4, -0.2) is 0 Å². The first kappa shape index (κ1) is 15.1. The maximum absolute atomic E-state index is 5.32. The molecule has 0 saturated heterocycles. The number of hydrogen-bond acceptors (Lipinski definition) is 2. The normalized spacial score (nSPS) is 12.0. The van der Waals surface area contributed by atoms with Crippen LogP contribution in [0.2, 0.25) is 0 Å². The van der Waals surface area contributed by atoms with Gasteiger partial charge in [0.2, 0.25) is 0 Å². The molecule has 3 rings (SSSR count). The van der Waals surface area contributed by atoms with E-state index in [1.54, 1.807) is 23.5 Å². The number of allylic oxidation sites excluding steroid dienone is 2. The van der Waals surface area contributed by atoms with Crippen LogP contribution in [-0.2, 0) is 0 Å². The molecule has 2 heterocycles. The SMILES string of the molecule is C=C/C=c1/cccc/c1=C/C=C.Cc1cc2sccc2o1. The zero-order chi connectivity index (χ0) is 15.1. The summed E-state index contributed by atoms with van der Waals surface area (Å²) >= 11 is 1.71. The first-order valence-corrected chi connectivity index (χ1v) is 7.56. The average molecular weight is 294 g/mol. The van der Waals surface area contributed by atoms with Gasteiger partial charge >= 0.3 is 0 Å². The largest absolute Gasteiger partial charge is 0.460 e. The third-order valence-electron chi connectivity index (χ3n) is 2.85. The van der Waals surface area contributed by atoms with E-state index in [1.807, 2.05) is 42.7 Å². The number of furan rings is 1. The molecule has 0 saturated carbocycles. The fraction of sp³-hybridized carbons (Fsp3) is 0.0526. The molecule has 0 N–H and O–H groups in total. The fourth-order valence-corrected chi connectivity index (χ4v) is 2.75. The van der Waals surface area contributed by atoms with E-state index in [0.29, 0.717) is 0 Å². The van der Waals surface area contributed by atoms with Crippen LogP contribution >= 0.6 is 11.3 Å². The van der Waals surface area contributed by atoms with E-state index >= 15 is 0 Å². The number of hydrogen-bond donors (Lipinski definition) is 0. The highest BCUT2D eigenvalue weighted by Gasteiger charge is 1.98. The molecule has 0 fully saturated rings. The summed E-state index contributed by atoms with van der Waals surface area (Å²) in [5, 5.41) is 4.38. The zero-order valence-corrected chi connectivity index (χ0v) is 12.9. The summed E-state index contributed by atoms with van der Waals surface area (Å²) in [7, 11) is 0. The van der Waals surface area contributed by atoms with E-state index in [9.17, 15) is 0 Å². The molecule has 106 valence electrons. The minimum absolute atomic E-state index is 0.997. The van der Waals surface area contributed by atoms with Crippen molar-refractivity contribution in [3.8, 4) is 0 Å². The van der Waals surface area contributed by atoms with Crippen molar-refractivity contribution in [1.29, 1.82) is 0 Å². The minimum Gasteiger partial charge on any atom is -0.460 e. The van der Waals surface area contributed by atoms with Gasteiger partial charge in [0.05, 0.1) is 4.70 Å². The van der Waals surface area contributed by atoms with E-state index in [0.717, 1.165) is 11.3 Å². The minimum atomic E-state index is 0.997. The first-order chi connectivity index (χ1) is 10.2. The average Bonchev–Trinajstić information content (AvgIpc) is 3.03. The number of benzene rings is 1. The van der Waals surface area contributed by atoms with Gasteiger partial charge in [-0.3, -0.25) is 0 Å². The summed E-state index contributed by atoms with van der Waals surface area (Å²) in [5.41, 5.74) is 1.01. The van der Waals surface area contributed by atoms with Crippen LogP contribution < -0.4 is 10.4 Å². The van der Waals surface area contributed by atoms with Gasteiger partial charge in [0.25, 0.3) is 0 Å². The second-order valence-corrected chi connectivity index (χ2v) is 5.39. The Morgan fingerprint density at radius 3 is 2.14 bits per heavy atom. The van der Waals surface area contributed by atoms with Gasteiger partial charge in [-0.1, -0.05) is 61.7 Å². The van der Waals surface area contributed by atoms with Gasteiger partial charge in [-0.05, 0) is 34.9 Å². The Balaban J connectivity index is 0.000000159. The van der Waals surface area contributed by atoms with Gasteiger partial charge in [0.1, 0.15) is 11.3 Å². The lowest BCUT2D eigenvalue weighted by Gasteiger charge is -1.86. The van der Waals surface area contributed by atoms with Crippen LogP contribution in [0, 0.1) is 6.92 Å². The third-order valence-corrected chi connectivity index (χ3v) is 3.70. The molecule has 0 unspecified atom stereocenters. The molecule has 1 nitrogen and oxygen atoms in total. The second-order valence-electron chi connectivity index (χ2n) is 4.44. The van der Waals surface area contributed by atoms with Crippen LogP contribution in [0.4, 0.5) is 0 Å². The summed E-state index contributed by atoms with van der Waals surface area (Å²) in [4.78, 5) is 0. The van der Waals surface area contributed by atoms with Crippen LogP contribution in [0.1, 0.15) is 5.76 Å². The van der Waals surface area contributed by atoms with Crippen molar-refractivity contribution in [2.24, 2.45) is 0 Å². The molecule has 0 radical (unpaired) electrons. The van der Waals surface area contributed by atoms with Crippen molar-refractivity contribution < 1.29 is 4.42 Å². The fourth-order valence-electron chi connectivity index (χ4n) is 1.95. The molecular weight excluding hydrogens is 276 g/mol. The number of thiophene rings is 1. The molecule has 21 heavy (non-hydrogen) atoms. The monoisotopic (exact) mass is 294 g/mol. The Labute approximate surface area is 128 Å². The number of fused-ring (bicyclic) bond motifs is 1. The van der Waals surface area contributed by atoms with Crippen LogP contribution in [0.25, 0.3) is 22.4 Å². The van der Waals surface area contributed by atoms with Gasteiger partial charge in [-0.15, -0.1) is 11.3 Å². The molecule has 1 aromatic carbocycles. The molecule has 0 aliphatic heterocycles. The highest BCUT2D eigenvalue weighted by Crippen LogP contribution is 2.23.